The number of aromatic nitrogens is 1. The quantitative estimate of drug-likeness (QED) is 0.344. The SMILES string of the molecule is C=CN=C(C=C)S(=O)NC1CC2=C(C(=O)OC)CN=C(c3nccs3)N2C1.Fc1cccc(Cl)c1. The summed E-state index contributed by atoms with van der Waals surface area (Å²) in [6.45, 7) is 7.87. The van der Waals surface area contributed by atoms with Gasteiger partial charge < -0.3 is 9.64 Å². The summed E-state index contributed by atoms with van der Waals surface area (Å²) in [7, 11) is -0.191. The Morgan fingerprint density at radius 1 is 1.46 bits per heavy atom. The third kappa shape index (κ3) is 6.79. The minimum absolute atomic E-state index is 0.168. The predicted octanol–water partition coefficient (Wildman–Crippen LogP) is 3.87. The van der Waals surface area contributed by atoms with Crippen LogP contribution in [0.4, 0.5) is 4.39 Å². The van der Waals surface area contributed by atoms with Crippen molar-refractivity contribution in [1.82, 2.24) is 14.6 Å². The number of hydrogen-bond acceptors (Lipinski definition) is 8. The summed E-state index contributed by atoms with van der Waals surface area (Å²) in [4.78, 5) is 26.9. The van der Waals surface area contributed by atoms with Crippen molar-refractivity contribution in [3.05, 3.63) is 88.4 Å². The molecule has 1 N–H and O–H groups in total. The summed E-state index contributed by atoms with van der Waals surface area (Å²) >= 11 is 6.88. The zero-order valence-corrected chi connectivity index (χ0v) is 21.2. The number of hydrogen-bond donors (Lipinski definition) is 1. The van der Waals surface area contributed by atoms with Gasteiger partial charge in [0.2, 0.25) is 0 Å². The zero-order chi connectivity index (χ0) is 25.4. The number of benzene rings is 1. The lowest BCUT2D eigenvalue weighted by Gasteiger charge is -2.26. The van der Waals surface area contributed by atoms with Crippen LogP contribution in [0.25, 0.3) is 0 Å². The lowest BCUT2D eigenvalue weighted by atomic mass is 10.1. The number of esters is 1. The van der Waals surface area contributed by atoms with Crippen molar-refractivity contribution in [2.45, 2.75) is 12.5 Å². The number of amidine groups is 1. The molecule has 0 saturated carbocycles. The van der Waals surface area contributed by atoms with Crippen LogP contribution in [0.3, 0.4) is 0 Å². The molecule has 1 saturated heterocycles. The molecular formula is C23H23ClFN5O3S2. The fourth-order valence-electron chi connectivity index (χ4n) is 3.41. The monoisotopic (exact) mass is 535 g/mol. The van der Waals surface area contributed by atoms with Crippen LogP contribution in [0.1, 0.15) is 11.4 Å². The van der Waals surface area contributed by atoms with Gasteiger partial charge in [-0.25, -0.2) is 28.1 Å². The molecule has 184 valence electrons. The van der Waals surface area contributed by atoms with Gasteiger partial charge in [-0.2, -0.15) is 0 Å². The smallest absolute Gasteiger partial charge is 0.337 e. The van der Waals surface area contributed by atoms with Crippen LogP contribution in [0.5, 0.6) is 0 Å². The van der Waals surface area contributed by atoms with Gasteiger partial charge in [-0.1, -0.05) is 30.8 Å². The highest BCUT2D eigenvalue weighted by atomic mass is 35.5. The standard InChI is InChI=1S/C17H19N5O3S2.C6H4ClF/c1-4-14(18-5-2)27(24)21-11-8-13-12(17(23)25-3)9-20-15(22(13)10-11)16-19-6-7-26-16;7-5-2-1-3-6(8)4-5/h4-7,11,21H,1-2,8-10H2,3H3;1-4H. The summed E-state index contributed by atoms with van der Waals surface area (Å²) in [5, 5.41) is 3.38. The summed E-state index contributed by atoms with van der Waals surface area (Å²) < 4.78 is 32.5. The summed E-state index contributed by atoms with van der Waals surface area (Å²) in [6.07, 6.45) is 4.97. The van der Waals surface area contributed by atoms with Gasteiger partial charge in [-0.15, -0.1) is 11.3 Å². The number of ether oxygens (including phenoxy) is 1. The fraction of sp³-hybridized carbons (Fsp3) is 0.217. The third-order valence-electron chi connectivity index (χ3n) is 4.86. The molecule has 0 radical (unpaired) electrons. The van der Waals surface area contributed by atoms with Crippen LogP contribution in [0.15, 0.2) is 82.5 Å². The van der Waals surface area contributed by atoms with Crippen molar-refractivity contribution in [2.75, 3.05) is 20.2 Å². The van der Waals surface area contributed by atoms with Gasteiger partial charge in [0.15, 0.2) is 10.8 Å². The van der Waals surface area contributed by atoms with E-state index >= 15 is 0 Å². The molecule has 0 spiro atoms. The van der Waals surface area contributed by atoms with Crippen LogP contribution >= 0.6 is 22.9 Å². The van der Waals surface area contributed by atoms with Crippen molar-refractivity contribution in [3.63, 3.8) is 0 Å². The van der Waals surface area contributed by atoms with E-state index in [1.54, 1.807) is 18.3 Å². The van der Waals surface area contributed by atoms with Crippen LogP contribution in [0.2, 0.25) is 5.02 Å². The van der Waals surface area contributed by atoms with E-state index in [4.69, 9.17) is 16.3 Å². The van der Waals surface area contributed by atoms with E-state index in [0.717, 1.165) is 10.7 Å². The maximum atomic E-state index is 12.5. The molecule has 2 aliphatic heterocycles. The average molecular weight is 536 g/mol. The first-order valence-electron chi connectivity index (χ1n) is 10.3. The van der Waals surface area contributed by atoms with Gasteiger partial charge >= 0.3 is 5.97 Å². The van der Waals surface area contributed by atoms with Crippen molar-refractivity contribution in [1.29, 1.82) is 0 Å². The normalized spacial score (nSPS) is 18.1. The molecule has 1 aromatic carbocycles. The minimum Gasteiger partial charge on any atom is -0.466 e. The van der Waals surface area contributed by atoms with Crippen molar-refractivity contribution >= 4 is 50.8 Å². The van der Waals surface area contributed by atoms with E-state index in [1.165, 1.54) is 42.9 Å². The number of thiazole rings is 1. The summed E-state index contributed by atoms with van der Waals surface area (Å²) in [5.74, 6) is 0.0163. The molecular weight excluding hydrogens is 513 g/mol. The Morgan fingerprint density at radius 2 is 2.26 bits per heavy atom. The molecule has 0 aliphatic carbocycles. The van der Waals surface area contributed by atoms with E-state index in [9.17, 15) is 13.4 Å². The first-order valence-corrected chi connectivity index (χ1v) is 12.7. The topological polar surface area (TPSA) is 96.2 Å². The molecule has 2 aliphatic rings. The van der Waals surface area contributed by atoms with Gasteiger partial charge in [0, 0.05) is 47.5 Å². The van der Waals surface area contributed by atoms with E-state index in [-0.39, 0.29) is 18.4 Å². The molecule has 2 atom stereocenters. The Kier molecular flexibility index (Phi) is 9.61. The van der Waals surface area contributed by atoms with Crippen molar-refractivity contribution in [3.8, 4) is 0 Å². The molecule has 2 unspecified atom stereocenters. The fourth-order valence-corrected chi connectivity index (χ4v) is 5.14. The molecule has 4 rings (SSSR count). The number of aliphatic imine (C=N–C) groups is 2. The molecule has 0 amide bonds. The highest BCUT2D eigenvalue weighted by molar-refractivity contribution is 7.99. The van der Waals surface area contributed by atoms with Gasteiger partial charge in [-0.05, 0) is 24.3 Å². The summed E-state index contributed by atoms with van der Waals surface area (Å²) in [6, 6.07) is 5.65. The summed E-state index contributed by atoms with van der Waals surface area (Å²) in [5.41, 5.74) is 1.33. The second-order valence-electron chi connectivity index (χ2n) is 7.09. The highest BCUT2D eigenvalue weighted by Crippen LogP contribution is 2.31. The molecule has 1 aromatic heterocycles. The van der Waals surface area contributed by atoms with Crippen molar-refractivity contribution < 1.29 is 18.1 Å². The average Bonchev–Trinajstić information content (AvgIpc) is 3.52. The second-order valence-corrected chi connectivity index (χ2v) is 9.61. The van der Waals surface area contributed by atoms with E-state index in [1.807, 2.05) is 10.3 Å². The number of carbonyl (C=O) groups excluding carboxylic acids is 1. The number of fused-ring (bicyclic) bond motifs is 1. The maximum absolute atomic E-state index is 12.5. The molecule has 1 fully saturated rings. The van der Waals surface area contributed by atoms with Gasteiger partial charge in [-0.3, -0.25) is 4.99 Å². The Balaban J connectivity index is 0.000000363. The molecule has 8 nitrogen and oxygen atoms in total. The predicted molar refractivity (Wildman–Crippen MR) is 138 cm³/mol. The zero-order valence-electron chi connectivity index (χ0n) is 18.8. The van der Waals surface area contributed by atoms with E-state index in [0.29, 0.717) is 34.4 Å². The Bertz CT molecular complexity index is 1200. The minimum atomic E-state index is -1.54. The number of carbonyl (C=O) groups is 1. The lowest BCUT2D eigenvalue weighted by molar-refractivity contribution is -0.136. The molecule has 2 aromatic rings. The van der Waals surface area contributed by atoms with Gasteiger partial charge in [0.05, 0.1) is 19.2 Å². The van der Waals surface area contributed by atoms with Crippen LogP contribution < -0.4 is 4.72 Å². The Labute approximate surface area is 214 Å². The van der Waals surface area contributed by atoms with Gasteiger partial charge in [0.1, 0.15) is 21.8 Å². The number of nitrogens with one attached hydrogen (secondary N) is 1. The van der Waals surface area contributed by atoms with E-state index in [2.05, 4.69) is 32.8 Å². The molecule has 3 heterocycles. The second kappa shape index (κ2) is 12.6. The van der Waals surface area contributed by atoms with E-state index < -0.39 is 17.0 Å². The van der Waals surface area contributed by atoms with Crippen LogP contribution in [0, 0.1) is 5.82 Å². The molecule has 12 heteroatoms. The largest absolute Gasteiger partial charge is 0.466 e. The highest BCUT2D eigenvalue weighted by Gasteiger charge is 2.38. The number of nitrogens with zero attached hydrogens (tertiary/aromatic N) is 4. The number of rotatable bonds is 6. The first-order chi connectivity index (χ1) is 16.9. The third-order valence-corrected chi connectivity index (χ3v) is 7.06. The maximum Gasteiger partial charge on any atom is 0.337 e. The first kappa shape index (κ1) is 26.6. The molecule has 0 bridgehead atoms. The Morgan fingerprint density at radius 3 is 2.83 bits per heavy atom. The van der Waals surface area contributed by atoms with Crippen LogP contribution in [-0.2, 0) is 20.5 Å². The Hall–Kier alpha value is -2.99. The number of halogens is 2. The molecule has 35 heavy (non-hydrogen) atoms. The lowest BCUT2D eigenvalue weighted by Crippen LogP contribution is -2.39. The number of methoxy groups -OCH3 is 1. The van der Waals surface area contributed by atoms with Gasteiger partial charge in [0.25, 0.3) is 0 Å². The van der Waals surface area contributed by atoms with Crippen molar-refractivity contribution in [2.24, 2.45) is 9.98 Å². The van der Waals surface area contributed by atoms with Crippen LogP contribution in [-0.4, -0.2) is 57.2 Å².